The van der Waals surface area contributed by atoms with Gasteiger partial charge >= 0.3 is 5.97 Å². The summed E-state index contributed by atoms with van der Waals surface area (Å²) in [4.78, 5) is 16.8. The van der Waals surface area contributed by atoms with E-state index in [4.69, 9.17) is 13.6 Å². The Morgan fingerprint density at radius 1 is 1.31 bits per heavy atom. The molecule has 0 aliphatic rings. The zero-order chi connectivity index (χ0) is 20.4. The highest BCUT2D eigenvalue weighted by Gasteiger charge is 2.23. The normalized spacial score (nSPS) is 11.3. The highest BCUT2D eigenvalue weighted by atomic mass is 79.9. The number of esters is 1. The Morgan fingerprint density at radius 2 is 2.17 bits per heavy atom. The van der Waals surface area contributed by atoms with Crippen molar-refractivity contribution in [1.82, 2.24) is 15.2 Å². The first-order valence-electron chi connectivity index (χ1n) is 8.77. The minimum absolute atomic E-state index is 0.199. The molecule has 4 rings (SSSR count). The highest BCUT2D eigenvalue weighted by molar-refractivity contribution is 9.10. The van der Waals surface area contributed by atoms with Gasteiger partial charge in [0.05, 0.1) is 23.7 Å². The predicted molar refractivity (Wildman–Crippen MR) is 113 cm³/mol. The molecule has 7 nitrogen and oxygen atoms in total. The maximum absolute atomic E-state index is 12.3. The number of furan rings is 1. The van der Waals surface area contributed by atoms with Crippen LogP contribution in [0.1, 0.15) is 39.6 Å². The van der Waals surface area contributed by atoms with Crippen LogP contribution in [0.5, 0.6) is 0 Å². The van der Waals surface area contributed by atoms with Gasteiger partial charge in [0.2, 0.25) is 11.7 Å². The molecular formula is C19H16BrN3O4S2. The molecule has 0 saturated carbocycles. The lowest BCUT2D eigenvalue weighted by atomic mass is 10.1. The average Bonchev–Trinajstić information content (AvgIpc) is 3.39. The number of carbonyl (C=O) groups is 1. The summed E-state index contributed by atoms with van der Waals surface area (Å²) < 4.78 is 17.5. The fourth-order valence-corrected chi connectivity index (χ4v) is 4.55. The first kappa shape index (κ1) is 20.1. The molecule has 29 heavy (non-hydrogen) atoms. The Morgan fingerprint density at radius 3 is 2.93 bits per heavy atom. The van der Waals surface area contributed by atoms with Crippen molar-refractivity contribution in [1.29, 1.82) is 0 Å². The number of ether oxygens (including phenoxy) is 1. The minimum atomic E-state index is -0.486. The first-order valence-corrected chi connectivity index (χ1v) is 11.4. The molecule has 4 aromatic rings. The Labute approximate surface area is 183 Å². The molecule has 0 amide bonds. The van der Waals surface area contributed by atoms with E-state index in [2.05, 4.69) is 31.1 Å². The molecular weight excluding hydrogens is 478 g/mol. The van der Waals surface area contributed by atoms with E-state index in [1.807, 2.05) is 30.5 Å². The van der Waals surface area contributed by atoms with Gasteiger partial charge in [0, 0.05) is 26.6 Å². The molecule has 1 aromatic carbocycles. The van der Waals surface area contributed by atoms with E-state index in [0.717, 1.165) is 26.1 Å². The minimum Gasteiger partial charge on any atom is -0.460 e. The van der Waals surface area contributed by atoms with Gasteiger partial charge in [-0.1, -0.05) is 27.7 Å². The van der Waals surface area contributed by atoms with E-state index in [1.165, 1.54) is 11.8 Å². The van der Waals surface area contributed by atoms with Crippen LogP contribution in [0.15, 0.2) is 42.1 Å². The maximum atomic E-state index is 12.3. The smallest absolute Gasteiger partial charge is 0.374 e. The Bertz CT molecular complexity index is 1170. The summed E-state index contributed by atoms with van der Waals surface area (Å²) in [5, 5.41) is 12.4. The number of nitrogens with zero attached hydrogens (tertiary/aromatic N) is 3. The van der Waals surface area contributed by atoms with Crippen LogP contribution in [0.3, 0.4) is 0 Å². The number of halogens is 1. The van der Waals surface area contributed by atoms with Crippen molar-refractivity contribution in [3.8, 4) is 0 Å². The highest BCUT2D eigenvalue weighted by Crippen LogP contribution is 2.34. The number of rotatable bonds is 7. The van der Waals surface area contributed by atoms with Crippen molar-refractivity contribution in [2.75, 3.05) is 6.61 Å². The number of benzene rings is 1. The fraction of sp³-hybridized carbons (Fsp3) is 0.263. The van der Waals surface area contributed by atoms with Crippen molar-refractivity contribution < 1.29 is 18.4 Å². The summed E-state index contributed by atoms with van der Waals surface area (Å²) >= 11 is 6.39. The molecule has 0 radical (unpaired) electrons. The number of thiazole rings is 1. The van der Waals surface area contributed by atoms with Crippen LogP contribution in [0.25, 0.3) is 11.0 Å². The molecule has 3 aromatic heterocycles. The van der Waals surface area contributed by atoms with Gasteiger partial charge in [-0.3, -0.25) is 0 Å². The molecule has 0 bridgehead atoms. The van der Waals surface area contributed by atoms with Gasteiger partial charge in [-0.25, -0.2) is 9.78 Å². The van der Waals surface area contributed by atoms with Crippen molar-refractivity contribution in [3.05, 3.63) is 56.0 Å². The van der Waals surface area contributed by atoms with Crippen molar-refractivity contribution in [2.45, 2.75) is 31.2 Å². The molecule has 0 N–H and O–H groups in total. The maximum Gasteiger partial charge on any atom is 0.374 e. The van der Waals surface area contributed by atoms with Crippen molar-refractivity contribution in [3.63, 3.8) is 0 Å². The number of hydrogen-bond donors (Lipinski definition) is 0. The summed E-state index contributed by atoms with van der Waals surface area (Å²) in [5.74, 6) is 0.642. The van der Waals surface area contributed by atoms with Gasteiger partial charge in [0.1, 0.15) is 5.58 Å². The van der Waals surface area contributed by atoms with E-state index in [-0.39, 0.29) is 12.4 Å². The molecule has 10 heteroatoms. The topological polar surface area (TPSA) is 91.2 Å². The molecule has 0 fully saturated rings. The zero-order valence-corrected chi connectivity index (χ0v) is 18.8. The second-order valence-electron chi connectivity index (χ2n) is 6.06. The Balaban J connectivity index is 1.55. The van der Waals surface area contributed by atoms with Crippen LogP contribution in [-0.2, 0) is 16.9 Å². The standard InChI is InChI=1S/C19H16BrN3O4S2/c1-3-25-18(24)17-14(13-6-11(20)4-5-15(13)26-17)9-29-19-23-22-16(27-19)7-12-8-28-10(2)21-12/h4-6,8H,3,7,9H2,1-2H3. The second-order valence-corrected chi connectivity index (χ2v) is 8.96. The lowest BCUT2D eigenvalue weighted by Gasteiger charge is -2.01. The number of aromatic nitrogens is 3. The van der Waals surface area contributed by atoms with Gasteiger partial charge in [0.15, 0.2) is 0 Å². The van der Waals surface area contributed by atoms with Gasteiger partial charge in [-0.05, 0) is 32.0 Å². The molecule has 0 atom stereocenters. The van der Waals surface area contributed by atoms with E-state index < -0.39 is 5.97 Å². The van der Waals surface area contributed by atoms with E-state index in [9.17, 15) is 4.79 Å². The monoisotopic (exact) mass is 493 g/mol. The van der Waals surface area contributed by atoms with E-state index >= 15 is 0 Å². The van der Waals surface area contributed by atoms with Crippen LogP contribution < -0.4 is 0 Å². The van der Waals surface area contributed by atoms with Crippen LogP contribution in [0, 0.1) is 6.92 Å². The third-order valence-electron chi connectivity index (χ3n) is 4.00. The number of aryl methyl sites for hydroxylation is 1. The van der Waals surface area contributed by atoms with E-state index in [1.54, 1.807) is 18.3 Å². The largest absolute Gasteiger partial charge is 0.460 e. The number of fused-ring (bicyclic) bond motifs is 1. The molecule has 0 spiro atoms. The molecule has 0 saturated heterocycles. The molecule has 0 aliphatic carbocycles. The number of thioether (sulfide) groups is 1. The van der Waals surface area contributed by atoms with Crippen LogP contribution in [-0.4, -0.2) is 27.8 Å². The quantitative estimate of drug-likeness (QED) is 0.249. The van der Waals surface area contributed by atoms with E-state index in [0.29, 0.717) is 28.9 Å². The third-order valence-corrected chi connectivity index (χ3v) is 6.16. The van der Waals surface area contributed by atoms with Crippen molar-refractivity contribution in [2.24, 2.45) is 0 Å². The lowest BCUT2D eigenvalue weighted by molar-refractivity contribution is 0.0491. The van der Waals surface area contributed by atoms with Gasteiger partial charge in [-0.2, -0.15) is 0 Å². The summed E-state index contributed by atoms with van der Waals surface area (Å²) in [6.45, 7) is 3.99. The third kappa shape index (κ3) is 4.54. The lowest BCUT2D eigenvalue weighted by Crippen LogP contribution is -2.05. The molecule has 0 unspecified atom stereocenters. The number of hydrogen-bond acceptors (Lipinski definition) is 9. The fourth-order valence-electron chi connectivity index (χ4n) is 2.77. The Hall–Kier alpha value is -2.17. The van der Waals surface area contributed by atoms with Gasteiger partial charge in [0.25, 0.3) is 5.22 Å². The SMILES string of the molecule is CCOC(=O)c1oc2ccc(Br)cc2c1CSc1nnc(Cc2csc(C)n2)o1. The molecule has 3 heterocycles. The Kier molecular flexibility index (Phi) is 6.02. The molecule has 150 valence electrons. The first-order chi connectivity index (χ1) is 14.0. The second kappa shape index (κ2) is 8.68. The summed E-state index contributed by atoms with van der Waals surface area (Å²) in [6, 6.07) is 5.60. The van der Waals surface area contributed by atoms with Crippen LogP contribution >= 0.6 is 39.0 Å². The predicted octanol–water partition coefficient (Wildman–Crippen LogP) is 5.40. The molecule has 0 aliphatic heterocycles. The van der Waals surface area contributed by atoms with Gasteiger partial charge in [-0.15, -0.1) is 21.5 Å². The summed E-state index contributed by atoms with van der Waals surface area (Å²) in [7, 11) is 0. The summed E-state index contributed by atoms with van der Waals surface area (Å²) in [5.41, 5.74) is 2.26. The zero-order valence-electron chi connectivity index (χ0n) is 15.6. The number of carbonyl (C=O) groups excluding carboxylic acids is 1. The van der Waals surface area contributed by atoms with Crippen LogP contribution in [0.4, 0.5) is 0 Å². The van der Waals surface area contributed by atoms with Crippen molar-refractivity contribution >= 4 is 56.0 Å². The average molecular weight is 494 g/mol. The van der Waals surface area contributed by atoms with Crippen LogP contribution in [0.2, 0.25) is 0 Å². The summed E-state index contributed by atoms with van der Waals surface area (Å²) in [6.07, 6.45) is 0.494. The van der Waals surface area contributed by atoms with Gasteiger partial charge < -0.3 is 13.6 Å².